The van der Waals surface area contributed by atoms with Crippen molar-refractivity contribution >= 4 is 29.3 Å². The molecule has 1 aliphatic rings. The molecule has 2 heterocycles. The van der Waals surface area contributed by atoms with Gasteiger partial charge in [0.25, 0.3) is 5.91 Å². The molecule has 1 aromatic heterocycles. The predicted molar refractivity (Wildman–Crippen MR) is 121 cm³/mol. The van der Waals surface area contributed by atoms with E-state index in [0.717, 1.165) is 11.1 Å². The zero-order chi connectivity index (χ0) is 22.5. The van der Waals surface area contributed by atoms with Crippen molar-refractivity contribution in [2.24, 2.45) is 0 Å². The Kier molecular flexibility index (Phi) is 6.19. The molecule has 1 saturated heterocycles. The molecule has 1 aliphatic heterocycles. The molecule has 0 unspecified atom stereocenters. The number of thiocarbonyl (C=S) groups is 1. The lowest BCUT2D eigenvalue weighted by atomic mass is 10.1. The van der Waals surface area contributed by atoms with Crippen molar-refractivity contribution in [1.82, 2.24) is 10.2 Å². The molecule has 4 rings (SSSR count). The number of furan rings is 1. The number of amides is 1. The molecule has 2 aromatic carbocycles. The van der Waals surface area contributed by atoms with Gasteiger partial charge in [-0.1, -0.05) is 6.07 Å². The molecule has 1 fully saturated rings. The summed E-state index contributed by atoms with van der Waals surface area (Å²) in [7, 11) is 1.59. The van der Waals surface area contributed by atoms with Gasteiger partial charge >= 0.3 is 0 Å². The average molecular weight is 446 g/mol. The highest BCUT2D eigenvalue weighted by Crippen LogP contribution is 2.25. The van der Waals surface area contributed by atoms with Crippen molar-refractivity contribution < 1.29 is 18.7 Å². The highest BCUT2D eigenvalue weighted by molar-refractivity contribution is 7.80. The summed E-state index contributed by atoms with van der Waals surface area (Å²) in [6, 6.07) is 18.1. The second-order valence-corrected chi connectivity index (χ2v) is 7.34. The number of hydrogen-bond donors (Lipinski definition) is 1. The van der Waals surface area contributed by atoms with Crippen LogP contribution in [-0.4, -0.2) is 23.0 Å². The predicted octanol–water partition coefficient (Wildman–Crippen LogP) is 4.00. The Morgan fingerprint density at radius 2 is 2.03 bits per heavy atom. The van der Waals surface area contributed by atoms with Gasteiger partial charge in [-0.15, -0.1) is 0 Å². The fourth-order valence-corrected chi connectivity index (χ4v) is 3.49. The minimum Gasteiger partial charge on any atom is -0.496 e. The van der Waals surface area contributed by atoms with Crippen LogP contribution in [0, 0.1) is 11.3 Å². The number of nitriles is 1. The molecule has 0 bridgehead atoms. The fraction of sp³-hybridized carbons (Fsp3) is 0.125. The largest absolute Gasteiger partial charge is 0.496 e. The molecule has 32 heavy (non-hydrogen) atoms. The van der Waals surface area contributed by atoms with E-state index in [2.05, 4.69) is 11.4 Å². The van der Waals surface area contributed by atoms with Gasteiger partial charge in [0.1, 0.15) is 29.6 Å². The molecule has 3 aromatic rings. The van der Waals surface area contributed by atoms with E-state index in [1.165, 1.54) is 4.90 Å². The number of nitrogens with one attached hydrogen (secondary N) is 1. The smallest absolute Gasteiger partial charge is 0.276 e. The van der Waals surface area contributed by atoms with E-state index in [1.807, 2.05) is 18.2 Å². The van der Waals surface area contributed by atoms with Gasteiger partial charge in [-0.25, -0.2) is 0 Å². The molecule has 160 valence electrons. The number of methoxy groups -OCH3 is 1. The highest BCUT2D eigenvalue weighted by Gasteiger charge is 2.31. The highest BCUT2D eigenvalue weighted by atomic mass is 32.1. The Balaban J connectivity index is 1.51. The Hall–Kier alpha value is -4.09. The second-order valence-electron chi connectivity index (χ2n) is 6.95. The van der Waals surface area contributed by atoms with Gasteiger partial charge in [-0.05, 0) is 72.4 Å². The van der Waals surface area contributed by atoms with Crippen LogP contribution in [0.15, 0.2) is 71.0 Å². The number of benzene rings is 2. The lowest BCUT2D eigenvalue weighted by Crippen LogP contribution is -2.29. The van der Waals surface area contributed by atoms with Crippen molar-refractivity contribution in [1.29, 1.82) is 5.26 Å². The number of rotatable bonds is 7. The average Bonchev–Trinajstić information content (AvgIpc) is 3.42. The normalized spacial score (nSPS) is 14.4. The number of carbonyl (C=O) groups is 1. The number of carbonyl (C=O) groups excluding carboxylic acids is 1. The van der Waals surface area contributed by atoms with E-state index in [-0.39, 0.29) is 19.1 Å². The first-order valence-corrected chi connectivity index (χ1v) is 10.1. The first-order valence-electron chi connectivity index (χ1n) is 9.74. The topological polar surface area (TPSA) is 87.7 Å². The summed E-state index contributed by atoms with van der Waals surface area (Å²) in [5.74, 6) is 1.73. The summed E-state index contributed by atoms with van der Waals surface area (Å²) in [4.78, 5) is 14.3. The van der Waals surface area contributed by atoms with Gasteiger partial charge in [0.05, 0.1) is 31.6 Å². The summed E-state index contributed by atoms with van der Waals surface area (Å²) in [6.45, 7) is 0.526. The monoisotopic (exact) mass is 445 g/mol. The molecule has 0 aliphatic carbocycles. The van der Waals surface area contributed by atoms with Crippen LogP contribution < -0.4 is 14.8 Å². The third-order valence-corrected chi connectivity index (χ3v) is 5.17. The van der Waals surface area contributed by atoms with Crippen molar-refractivity contribution in [2.75, 3.05) is 7.11 Å². The van der Waals surface area contributed by atoms with Gasteiger partial charge in [0, 0.05) is 5.56 Å². The van der Waals surface area contributed by atoms with Crippen LogP contribution in [0.2, 0.25) is 0 Å². The van der Waals surface area contributed by atoms with Gasteiger partial charge in [0.15, 0.2) is 5.11 Å². The fourth-order valence-electron chi connectivity index (χ4n) is 3.23. The lowest BCUT2D eigenvalue weighted by Gasteiger charge is -2.12. The van der Waals surface area contributed by atoms with Crippen LogP contribution >= 0.6 is 12.2 Å². The zero-order valence-electron chi connectivity index (χ0n) is 17.2. The number of nitrogens with zero attached hydrogens (tertiary/aromatic N) is 2. The molecule has 1 amide bonds. The summed E-state index contributed by atoms with van der Waals surface area (Å²) in [6.07, 6.45) is 3.30. The van der Waals surface area contributed by atoms with E-state index in [4.69, 9.17) is 31.4 Å². The molecule has 0 spiro atoms. The Morgan fingerprint density at radius 3 is 2.72 bits per heavy atom. The Labute approximate surface area is 190 Å². The van der Waals surface area contributed by atoms with Crippen LogP contribution in [0.3, 0.4) is 0 Å². The van der Waals surface area contributed by atoms with Crippen LogP contribution in [0.25, 0.3) is 6.08 Å². The van der Waals surface area contributed by atoms with Crippen molar-refractivity contribution in [3.8, 4) is 17.6 Å². The minimum atomic E-state index is -0.224. The summed E-state index contributed by atoms with van der Waals surface area (Å²) in [5, 5.41) is 12.2. The zero-order valence-corrected chi connectivity index (χ0v) is 18.0. The third kappa shape index (κ3) is 4.63. The molecule has 1 N–H and O–H groups in total. The molecule has 0 atom stereocenters. The second kappa shape index (κ2) is 9.37. The standard InChI is InChI=1S/C24H19N3O4S/c1-29-22-9-6-17(11-18(22)15-31-19-7-4-16(13-25)5-8-19)12-21-23(28)27(24(32)26-21)14-20-3-2-10-30-20/h2-12H,14-15H2,1H3,(H,26,32)/b21-12+. The number of ether oxygens (including phenoxy) is 2. The first kappa shape index (κ1) is 21.2. The van der Waals surface area contributed by atoms with Crippen molar-refractivity contribution in [2.45, 2.75) is 13.2 Å². The maximum atomic E-state index is 12.8. The van der Waals surface area contributed by atoms with E-state index in [9.17, 15) is 4.79 Å². The minimum absolute atomic E-state index is 0.224. The molecule has 7 nitrogen and oxygen atoms in total. The van der Waals surface area contributed by atoms with Gasteiger partial charge in [-0.3, -0.25) is 9.69 Å². The third-order valence-electron chi connectivity index (χ3n) is 4.85. The van der Waals surface area contributed by atoms with Crippen LogP contribution in [0.5, 0.6) is 11.5 Å². The summed E-state index contributed by atoms with van der Waals surface area (Å²) >= 11 is 5.31. The first-order chi connectivity index (χ1) is 15.6. The van der Waals surface area contributed by atoms with Crippen LogP contribution in [0.1, 0.15) is 22.5 Å². The van der Waals surface area contributed by atoms with E-state index in [0.29, 0.717) is 33.6 Å². The number of hydrogen-bond acceptors (Lipinski definition) is 6. The maximum absolute atomic E-state index is 12.8. The molecule has 0 radical (unpaired) electrons. The quantitative estimate of drug-likeness (QED) is 0.434. The van der Waals surface area contributed by atoms with Crippen molar-refractivity contribution in [3.05, 3.63) is 89.0 Å². The van der Waals surface area contributed by atoms with Crippen LogP contribution in [-0.2, 0) is 17.9 Å². The Morgan fingerprint density at radius 1 is 1.22 bits per heavy atom. The van der Waals surface area contributed by atoms with Gasteiger partial charge in [0.2, 0.25) is 0 Å². The SMILES string of the molecule is COc1ccc(/C=C2/NC(=S)N(Cc3ccco3)C2=O)cc1COc1ccc(C#N)cc1. The van der Waals surface area contributed by atoms with E-state index in [1.54, 1.807) is 55.8 Å². The maximum Gasteiger partial charge on any atom is 0.276 e. The van der Waals surface area contributed by atoms with Gasteiger partial charge < -0.3 is 19.2 Å². The van der Waals surface area contributed by atoms with E-state index < -0.39 is 0 Å². The molecule has 0 saturated carbocycles. The molecular weight excluding hydrogens is 426 g/mol. The van der Waals surface area contributed by atoms with Gasteiger partial charge in [-0.2, -0.15) is 5.26 Å². The van der Waals surface area contributed by atoms with Crippen molar-refractivity contribution in [3.63, 3.8) is 0 Å². The van der Waals surface area contributed by atoms with E-state index >= 15 is 0 Å². The molecule has 8 heteroatoms. The summed E-state index contributed by atoms with van der Waals surface area (Å²) < 4.78 is 16.6. The van der Waals surface area contributed by atoms with Crippen LogP contribution in [0.4, 0.5) is 0 Å². The Bertz CT molecular complexity index is 1210. The molecular formula is C24H19N3O4S. The lowest BCUT2D eigenvalue weighted by molar-refractivity contribution is -0.122. The summed E-state index contributed by atoms with van der Waals surface area (Å²) in [5.41, 5.74) is 2.55.